The number of nitrogens with two attached hydrogens (primary N) is 1. The highest BCUT2D eigenvalue weighted by atomic mass is 16.3. The summed E-state index contributed by atoms with van der Waals surface area (Å²) in [7, 11) is 1.48. The Bertz CT molecular complexity index is 205. The van der Waals surface area contributed by atoms with Gasteiger partial charge in [-0.1, -0.05) is 0 Å². The van der Waals surface area contributed by atoms with Crippen LogP contribution in [0, 0.1) is 0 Å². The van der Waals surface area contributed by atoms with Crippen LogP contribution in [0.3, 0.4) is 0 Å². The van der Waals surface area contributed by atoms with Crippen LogP contribution in [-0.2, 0) is 0 Å². The molecule has 11 heavy (non-hydrogen) atoms. The van der Waals surface area contributed by atoms with E-state index in [1.54, 1.807) is 0 Å². The molecule has 6 heteroatoms. The number of likely N-dealkylation sites (N-methyl/N-ethyl adjacent to an activating group) is 1. The molecule has 1 aliphatic heterocycles. The van der Waals surface area contributed by atoms with Crippen LogP contribution in [0.2, 0.25) is 0 Å². The second-order valence-electron chi connectivity index (χ2n) is 2.35. The van der Waals surface area contributed by atoms with E-state index < -0.39 is 18.3 Å². The summed E-state index contributed by atoms with van der Waals surface area (Å²) in [4.78, 5) is 23.3. The van der Waals surface area contributed by atoms with E-state index in [1.165, 1.54) is 11.9 Å². The van der Waals surface area contributed by atoms with E-state index in [0.717, 1.165) is 0 Å². The van der Waals surface area contributed by atoms with E-state index in [1.807, 2.05) is 0 Å². The summed E-state index contributed by atoms with van der Waals surface area (Å²) in [6.45, 7) is 0.113. The van der Waals surface area contributed by atoms with E-state index in [-0.39, 0.29) is 6.54 Å². The number of aliphatic hydroxyl groups excluding tert-OH is 1. The molecule has 0 aromatic heterocycles. The quantitative estimate of drug-likeness (QED) is 0.463. The van der Waals surface area contributed by atoms with Crippen molar-refractivity contribution in [3.63, 3.8) is 0 Å². The van der Waals surface area contributed by atoms with Gasteiger partial charge in [-0.05, 0) is 0 Å². The van der Waals surface area contributed by atoms with Crippen molar-refractivity contribution in [2.45, 2.75) is 6.23 Å². The van der Waals surface area contributed by atoms with E-state index in [2.05, 4.69) is 0 Å². The molecule has 0 bridgehead atoms. The van der Waals surface area contributed by atoms with Gasteiger partial charge in [-0.25, -0.2) is 14.5 Å². The molecule has 1 fully saturated rings. The fourth-order valence-electron chi connectivity index (χ4n) is 0.957. The topological polar surface area (TPSA) is 86.9 Å². The molecule has 0 spiro atoms. The molecule has 3 N–H and O–H groups in total. The van der Waals surface area contributed by atoms with Crippen LogP contribution in [0.1, 0.15) is 0 Å². The Balaban J connectivity index is 2.80. The number of aliphatic hydroxyl groups is 1. The number of primary amides is 1. The number of β-amino-alcohol motifs (C(OH)–C–C–N with tert-alkyl or cyclic N) is 1. The molecule has 0 aromatic carbocycles. The standard InChI is InChI=1S/C5H9N3O3/c1-7-2-3(9)8(4(6)10)5(7)11/h3,9H,2H2,1H3,(H2,6,10). The largest absolute Gasteiger partial charge is 0.371 e. The molecule has 0 radical (unpaired) electrons. The number of carbonyl (C=O) groups excluding carboxylic acids is 2. The van der Waals surface area contributed by atoms with Crippen molar-refractivity contribution >= 4 is 12.1 Å². The van der Waals surface area contributed by atoms with Crippen molar-refractivity contribution in [3.8, 4) is 0 Å². The molecule has 1 heterocycles. The molecule has 6 nitrogen and oxygen atoms in total. The lowest BCUT2D eigenvalue weighted by Gasteiger charge is -2.12. The Morgan fingerprint density at radius 3 is 2.55 bits per heavy atom. The summed E-state index contributed by atoms with van der Waals surface area (Å²) in [5.74, 6) is 0. The first kappa shape index (κ1) is 7.80. The fourth-order valence-corrected chi connectivity index (χ4v) is 0.957. The number of hydrogen-bond donors (Lipinski definition) is 2. The minimum Gasteiger partial charge on any atom is -0.371 e. The monoisotopic (exact) mass is 159 g/mol. The molecule has 1 rings (SSSR count). The number of carbonyl (C=O) groups is 2. The van der Waals surface area contributed by atoms with Gasteiger partial charge >= 0.3 is 12.1 Å². The number of rotatable bonds is 0. The second kappa shape index (κ2) is 2.39. The summed E-state index contributed by atoms with van der Waals surface area (Å²) in [5.41, 5.74) is 4.82. The van der Waals surface area contributed by atoms with Crippen molar-refractivity contribution in [2.24, 2.45) is 5.73 Å². The van der Waals surface area contributed by atoms with Crippen LogP contribution in [0.4, 0.5) is 9.59 Å². The van der Waals surface area contributed by atoms with Gasteiger partial charge in [-0.3, -0.25) is 0 Å². The lowest BCUT2D eigenvalue weighted by Crippen LogP contribution is -2.43. The van der Waals surface area contributed by atoms with Gasteiger partial charge in [0.1, 0.15) is 0 Å². The molecule has 0 saturated carbocycles. The van der Waals surface area contributed by atoms with E-state index >= 15 is 0 Å². The zero-order valence-corrected chi connectivity index (χ0v) is 6.02. The predicted molar refractivity (Wildman–Crippen MR) is 35.5 cm³/mol. The predicted octanol–water partition coefficient (Wildman–Crippen LogP) is -1.25. The van der Waals surface area contributed by atoms with Crippen molar-refractivity contribution < 1.29 is 14.7 Å². The van der Waals surface area contributed by atoms with Crippen molar-refractivity contribution in [2.75, 3.05) is 13.6 Å². The van der Waals surface area contributed by atoms with Gasteiger partial charge in [0.25, 0.3) is 0 Å². The van der Waals surface area contributed by atoms with Crippen LogP contribution in [0.25, 0.3) is 0 Å². The zero-order chi connectivity index (χ0) is 8.59. The summed E-state index contributed by atoms with van der Waals surface area (Å²) >= 11 is 0. The Kier molecular flexibility index (Phi) is 1.69. The molecule has 4 amide bonds. The SMILES string of the molecule is CN1CC(O)N(C(N)=O)C1=O. The van der Waals surface area contributed by atoms with E-state index in [9.17, 15) is 9.59 Å². The summed E-state index contributed by atoms with van der Waals surface area (Å²) in [6.07, 6.45) is -1.11. The molecule has 1 saturated heterocycles. The third-order valence-electron chi connectivity index (χ3n) is 1.51. The number of nitrogens with zero attached hydrogens (tertiary/aromatic N) is 2. The van der Waals surface area contributed by atoms with Crippen LogP contribution in [0.5, 0.6) is 0 Å². The van der Waals surface area contributed by atoms with Gasteiger partial charge < -0.3 is 15.7 Å². The van der Waals surface area contributed by atoms with Crippen LogP contribution < -0.4 is 5.73 Å². The highest BCUT2D eigenvalue weighted by Crippen LogP contribution is 2.10. The first-order valence-corrected chi connectivity index (χ1v) is 3.06. The lowest BCUT2D eigenvalue weighted by atomic mass is 10.5. The molecular weight excluding hydrogens is 150 g/mol. The molecule has 62 valence electrons. The van der Waals surface area contributed by atoms with Crippen molar-refractivity contribution in [1.82, 2.24) is 9.80 Å². The van der Waals surface area contributed by atoms with Crippen molar-refractivity contribution in [1.29, 1.82) is 0 Å². The normalized spacial score (nSPS) is 24.5. The third kappa shape index (κ3) is 1.12. The van der Waals surface area contributed by atoms with E-state index in [4.69, 9.17) is 10.8 Å². The highest BCUT2D eigenvalue weighted by Gasteiger charge is 2.37. The maximum atomic E-state index is 10.9. The Morgan fingerprint density at radius 2 is 2.36 bits per heavy atom. The maximum absolute atomic E-state index is 10.9. The molecule has 1 aliphatic rings. The van der Waals surface area contributed by atoms with Gasteiger partial charge in [0.15, 0.2) is 6.23 Å². The summed E-state index contributed by atoms with van der Waals surface area (Å²) < 4.78 is 0. The van der Waals surface area contributed by atoms with Gasteiger partial charge in [-0.15, -0.1) is 0 Å². The number of imide groups is 1. The first-order chi connectivity index (χ1) is 5.04. The lowest BCUT2D eigenvalue weighted by molar-refractivity contribution is 0.0843. The average Bonchev–Trinajstić information content (AvgIpc) is 2.07. The molecule has 0 aromatic rings. The molecule has 0 aliphatic carbocycles. The van der Waals surface area contributed by atoms with Gasteiger partial charge in [0.2, 0.25) is 0 Å². The van der Waals surface area contributed by atoms with E-state index in [0.29, 0.717) is 4.90 Å². The maximum Gasteiger partial charge on any atom is 0.330 e. The Labute approximate surface area is 63.2 Å². The minimum atomic E-state index is -1.11. The van der Waals surface area contributed by atoms with Crippen molar-refractivity contribution in [3.05, 3.63) is 0 Å². The summed E-state index contributed by atoms with van der Waals surface area (Å²) in [5, 5.41) is 9.06. The van der Waals surface area contributed by atoms with Crippen LogP contribution >= 0.6 is 0 Å². The average molecular weight is 159 g/mol. The number of urea groups is 2. The Hall–Kier alpha value is -1.30. The second-order valence-corrected chi connectivity index (χ2v) is 2.35. The first-order valence-electron chi connectivity index (χ1n) is 3.06. The number of amides is 4. The third-order valence-corrected chi connectivity index (χ3v) is 1.51. The van der Waals surface area contributed by atoms with Gasteiger partial charge in [0, 0.05) is 7.05 Å². The minimum absolute atomic E-state index is 0.113. The summed E-state index contributed by atoms with van der Waals surface area (Å²) in [6, 6.07) is -1.49. The van der Waals surface area contributed by atoms with Gasteiger partial charge in [0.05, 0.1) is 6.54 Å². The van der Waals surface area contributed by atoms with Crippen LogP contribution in [-0.4, -0.2) is 46.8 Å². The zero-order valence-electron chi connectivity index (χ0n) is 6.02. The molecule has 1 atom stereocenters. The highest BCUT2D eigenvalue weighted by molar-refractivity contribution is 5.94. The molecular formula is C5H9N3O3. The fraction of sp³-hybridized carbons (Fsp3) is 0.600. The smallest absolute Gasteiger partial charge is 0.330 e. The number of hydrogen-bond acceptors (Lipinski definition) is 3. The van der Waals surface area contributed by atoms with Gasteiger partial charge in [-0.2, -0.15) is 0 Å². The molecule has 1 unspecified atom stereocenters. The van der Waals surface area contributed by atoms with Crippen LogP contribution in [0.15, 0.2) is 0 Å². The Morgan fingerprint density at radius 1 is 1.82 bits per heavy atom.